The molecule has 0 bridgehead atoms. The van der Waals surface area contributed by atoms with Crippen LogP contribution in [0.5, 0.6) is 0 Å². The number of rotatable bonds is 2. The van der Waals surface area contributed by atoms with Gasteiger partial charge in [-0.2, -0.15) is 9.65 Å². The fraction of sp³-hybridized carbons (Fsp3) is 0.143. The summed E-state index contributed by atoms with van der Waals surface area (Å²) in [6, 6.07) is 1.75. The molecule has 1 aromatic rings. The van der Waals surface area contributed by atoms with Crippen LogP contribution in [0.25, 0.3) is 0 Å². The Bertz CT molecular complexity index is 456. The zero-order valence-corrected chi connectivity index (χ0v) is 6.95. The van der Waals surface area contributed by atoms with Crippen LogP contribution in [0.15, 0.2) is 6.07 Å². The molecule has 0 radical (unpaired) electrons. The van der Waals surface area contributed by atoms with Gasteiger partial charge in [-0.15, -0.1) is 0 Å². The van der Waals surface area contributed by atoms with Crippen LogP contribution in [0.1, 0.15) is 17.6 Å². The highest BCUT2D eigenvalue weighted by molar-refractivity contribution is 5.42. The molecule has 0 aliphatic rings. The fourth-order valence-electron chi connectivity index (χ4n) is 0.905. The van der Waals surface area contributed by atoms with Crippen LogP contribution in [0.2, 0.25) is 0 Å². The molecule has 78 valence electrons. The molecule has 0 aromatic carbocycles. The molecule has 0 fully saturated rings. The molecule has 1 rings (SSSR count). The van der Waals surface area contributed by atoms with Crippen molar-refractivity contribution in [3.8, 4) is 6.07 Å². The van der Waals surface area contributed by atoms with E-state index in [0.29, 0.717) is 6.07 Å². The van der Waals surface area contributed by atoms with E-state index in [1.54, 1.807) is 0 Å². The number of nitrogens with zero attached hydrogens (tertiary/aromatic N) is 3. The highest BCUT2D eigenvalue weighted by atomic mass is 19.3. The molecule has 8 heteroatoms. The van der Waals surface area contributed by atoms with Crippen LogP contribution in [0.4, 0.5) is 19.0 Å². The van der Waals surface area contributed by atoms with E-state index in [9.17, 15) is 23.3 Å². The third-order valence-corrected chi connectivity index (χ3v) is 1.52. The first kappa shape index (κ1) is 10.9. The third-order valence-electron chi connectivity index (χ3n) is 1.52. The molecule has 15 heavy (non-hydrogen) atoms. The van der Waals surface area contributed by atoms with Crippen molar-refractivity contribution in [3.63, 3.8) is 0 Å². The highest BCUT2D eigenvalue weighted by Crippen LogP contribution is 2.26. The van der Waals surface area contributed by atoms with E-state index in [0.717, 1.165) is 0 Å². The summed E-state index contributed by atoms with van der Waals surface area (Å²) in [5.74, 6) is -2.68. The lowest BCUT2D eigenvalue weighted by Gasteiger charge is -2.00. The van der Waals surface area contributed by atoms with Gasteiger partial charge in [-0.25, -0.2) is 8.78 Å². The number of hydrogen-bond acceptors (Lipinski definition) is 4. The molecule has 0 spiro atoms. The zero-order valence-electron chi connectivity index (χ0n) is 6.95. The molecule has 1 aromatic heterocycles. The van der Waals surface area contributed by atoms with Crippen LogP contribution in [-0.4, -0.2) is 9.91 Å². The molecule has 0 saturated heterocycles. The predicted octanol–water partition coefficient (Wildman–Crippen LogP) is 1.94. The smallest absolute Gasteiger partial charge is 0.358 e. The number of nitro groups is 1. The quantitative estimate of drug-likeness (QED) is 0.430. The second kappa shape index (κ2) is 3.91. The average molecular weight is 217 g/mol. The Labute approximate surface area is 80.9 Å². The van der Waals surface area contributed by atoms with Crippen molar-refractivity contribution in [2.45, 2.75) is 6.43 Å². The summed E-state index contributed by atoms with van der Waals surface area (Å²) in [4.78, 5) is 11.8. The van der Waals surface area contributed by atoms with E-state index >= 15 is 0 Å². The predicted molar refractivity (Wildman–Crippen MR) is 40.5 cm³/mol. The van der Waals surface area contributed by atoms with Crippen LogP contribution in [0, 0.1) is 27.4 Å². The van der Waals surface area contributed by atoms with Crippen molar-refractivity contribution in [3.05, 3.63) is 33.3 Å². The van der Waals surface area contributed by atoms with Gasteiger partial charge in [0.25, 0.3) is 6.43 Å². The van der Waals surface area contributed by atoms with Crippen molar-refractivity contribution in [2.75, 3.05) is 0 Å². The normalized spacial score (nSPS) is 10.1. The average Bonchev–Trinajstić information content (AvgIpc) is 2.15. The van der Waals surface area contributed by atoms with Crippen molar-refractivity contribution >= 4 is 5.82 Å². The van der Waals surface area contributed by atoms with Gasteiger partial charge in [-0.3, -0.25) is 0 Å². The van der Waals surface area contributed by atoms with E-state index in [1.807, 2.05) is 0 Å². The highest BCUT2D eigenvalue weighted by Gasteiger charge is 2.26. The van der Waals surface area contributed by atoms with Crippen LogP contribution in [0.3, 0.4) is 0 Å². The lowest BCUT2D eigenvalue weighted by atomic mass is 10.1. The molecule has 0 amide bonds. The second-order valence-electron chi connectivity index (χ2n) is 2.40. The van der Waals surface area contributed by atoms with Crippen LogP contribution >= 0.6 is 0 Å². The number of pyridine rings is 1. The van der Waals surface area contributed by atoms with E-state index in [4.69, 9.17) is 5.26 Å². The Morgan fingerprint density at radius 1 is 1.60 bits per heavy atom. The number of alkyl halides is 2. The lowest BCUT2D eigenvalue weighted by molar-refractivity contribution is -0.390. The van der Waals surface area contributed by atoms with Crippen LogP contribution < -0.4 is 0 Å². The summed E-state index contributed by atoms with van der Waals surface area (Å²) in [6.07, 6.45) is -3.24. The summed E-state index contributed by atoms with van der Waals surface area (Å²) < 4.78 is 37.3. The van der Waals surface area contributed by atoms with Gasteiger partial charge in [-0.05, 0) is 9.91 Å². The topological polar surface area (TPSA) is 79.8 Å². The van der Waals surface area contributed by atoms with Crippen molar-refractivity contribution < 1.29 is 18.1 Å². The molecule has 0 saturated carbocycles. The first-order valence-corrected chi connectivity index (χ1v) is 3.50. The summed E-state index contributed by atoms with van der Waals surface area (Å²) in [5, 5.41) is 18.6. The number of halogens is 3. The Morgan fingerprint density at radius 2 is 2.20 bits per heavy atom. The van der Waals surface area contributed by atoms with Gasteiger partial charge in [0.1, 0.15) is 11.6 Å². The Balaban J connectivity index is 3.46. The SMILES string of the molecule is N#Cc1cc([N+](=O)[O-])nc(F)c1C(F)F. The molecule has 1 heterocycles. The summed E-state index contributed by atoms with van der Waals surface area (Å²) in [5.41, 5.74) is -2.01. The molecule has 5 nitrogen and oxygen atoms in total. The summed E-state index contributed by atoms with van der Waals surface area (Å²) in [7, 11) is 0. The maximum atomic E-state index is 12.9. The maximum Gasteiger partial charge on any atom is 0.368 e. The summed E-state index contributed by atoms with van der Waals surface area (Å²) >= 11 is 0. The van der Waals surface area contributed by atoms with E-state index < -0.39 is 34.2 Å². The van der Waals surface area contributed by atoms with Gasteiger partial charge in [0.2, 0.25) is 0 Å². The van der Waals surface area contributed by atoms with E-state index in [1.165, 1.54) is 6.07 Å². The second-order valence-corrected chi connectivity index (χ2v) is 2.40. The maximum absolute atomic E-state index is 12.9. The third kappa shape index (κ3) is 2.01. The van der Waals surface area contributed by atoms with Crippen molar-refractivity contribution in [2.24, 2.45) is 0 Å². The minimum atomic E-state index is -3.24. The van der Waals surface area contributed by atoms with Gasteiger partial charge >= 0.3 is 11.8 Å². The standard InChI is InChI=1S/C7H2F3N3O2/c8-6(9)5-3(2-11)1-4(13(14)15)12-7(5)10/h1,6H. The van der Waals surface area contributed by atoms with Crippen molar-refractivity contribution in [1.82, 2.24) is 4.98 Å². The van der Waals surface area contributed by atoms with E-state index in [-0.39, 0.29) is 0 Å². The Kier molecular flexibility index (Phi) is 2.85. The Morgan fingerprint density at radius 3 is 2.60 bits per heavy atom. The van der Waals surface area contributed by atoms with Gasteiger partial charge in [0, 0.05) is 0 Å². The molecule has 0 aliphatic heterocycles. The summed E-state index contributed by atoms with van der Waals surface area (Å²) in [6.45, 7) is 0. The first-order valence-electron chi connectivity index (χ1n) is 3.50. The number of nitriles is 1. The molecule has 0 aliphatic carbocycles. The van der Waals surface area contributed by atoms with Crippen LogP contribution in [-0.2, 0) is 0 Å². The molecule has 0 N–H and O–H groups in total. The van der Waals surface area contributed by atoms with Gasteiger partial charge < -0.3 is 10.1 Å². The lowest BCUT2D eigenvalue weighted by Crippen LogP contribution is -2.03. The molecular weight excluding hydrogens is 215 g/mol. The number of hydrogen-bond donors (Lipinski definition) is 0. The largest absolute Gasteiger partial charge is 0.368 e. The van der Waals surface area contributed by atoms with E-state index in [2.05, 4.69) is 4.98 Å². The van der Waals surface area contributed by atoms with Crippen molar-refractivity contribution in [1.29, 1.82) is 5.26 Å². The monoisotopic (exact) mass is 217 g/mol. The van der Waals surface area contributed by atoms with Gasteiger partial charge in [0.05, 0.1) is 11.6 Å². The minimum absolute atomic E-state index is 0.505. The van der Waals surface area contributed by atoms with Gasteiger partial charge in [-0.1, -0.05) is 0 Å². The molecule has 0 atom stereocenters. The fourth-order valence-corrected chi connectivity index (χ4v) is 0.905. The number of aromatic nitrogens is 1. The Hall–Kier alpha value is -2.17. The first-order chi connectivity index (χ1) is 6.97. The van der Waals surface area contributed by atoms with Gasteiger partial charge in [0.15, 0.2) is 0 Å². The molecule has 0 unspecified atom stereocenters. The minimum Gasteiger partial charge on any atom is -0.358 e. The molecular formula is C7H2F3N3O2. The zero-order chi connectivity index (χ0) is 11.6.